The highest BCUT2D eigenvalue weighted by Crippen LogP contribution is 2.24. The van der Waals surface area contributed by atoms with Crippen molar-refractivity contribution in [2.45, 2.75) is 196 Å². The van der Waals surface area contributed by atoms with Gasteiger partial charge in [-0.05, 0) is 119 Å². The number of primary amides is 3. The van der Waals surface area contributed by atoms with Crippen LogP contribution in [0.2, 0.25) is 0 Å². The third-order valence-electron chi connectivity index (χ3n) is 17.2. The lowest BCUT2D eigenvalue weighted by Gasteiger charge is -2.32. The van der Waals surface area contributed by atoms with Crippen molar-refractivity contribution in [2.75, 3.05) is 38.2 Å². The molecule has 11 atom stereocenters. The number of nitrogens with one attached hydrogen (secondary N) is 9. The Labute approximate surface area is 591 Å². The summed E-state index contributed by atoms with van der Waals surface area (Å²) in [6, 6.07) is 2.78. The number of unbranched alkanes of at least 4 members (excludes halogenated alkanes) is 1. The number of carbonyl (C=O) groups excluding carboxylic acids is 13. The zero-order valence-corrected chi connectivity index (χ0v) is 58.5. The summed E-state index contributed by atoms with van der Waals surface area (Å²) in [6.45, 7) is 4.50. The van der Waals surface area contributed by atoms with Crippen LogP contribution in [-0.2, 0) is 81.6 Å². The Balaban J connectivity index is 1.39. The summed E-state index contributed by atoms with van der Waals surface area (Å²) in [4.78, 5) is 195. The number of aliphatic imine (C=N–C) groups is 1. The largest absolute Gasteiger partial charge is 0.370 e. The summed E-state index contributed by atoms with van der Waals surface area (Å²) in [7, 11) is 0. The second-order valence-electron chi connectivity index (χ2n) is 25.7. The molecular formula is C67H102N20O13S. The minimum Gasteiger partial charge on any atom is -0.370 e. The Morgan fingerprint density at radius 2 is 1.00 bits per heavy atom. The van der Waals surface area contributed by atoms with E-state index in [0.717, 1.165) is 0 Å². The zero-order valence-electron chi connectivity index (χ0n) is 57.7. The van der Waals surface area contributed by atoms with E-state index < -0.39 is 169 Å². The van der Waals surface area contributed by atoms with Crippen LogP contribution in [0.15, 0.2) is 78.2 Å². The number of aromatic amines is 1. The molecule has 2 fully saturated rings. The lowest BCUT2D eigenvalue weighted by molar-refractivity contribution is -0.144. The van der Waals surface area contributed by atoms with Gasteiger partial charge in [0.05, 0.1) is 12.4 Å². The fourth-order valence-electron chi connectivity index (χ4n) is 11.9. The number of rotatable bonds is 44. The Morgan fingerprint density at radius 3 is 1.47 bits per heavy atom. The molecule has 13 amide bonds. The monoisotopic (exact) mass is 1430 g/mol. The number of guanidine groups is 1. The van der Waals surface area contributed by atoms with Crippen LogP contribution in [0.5, 0.6) is 0 Å². The SMILES string of the molecule is CSCC[C@H](NC(=O)[C@H](CC(C)C)NC(=O)[C@@H](Cc1cnc[nH]1)NC(=O)[C@H](Cc1ccccc1)NC(=O)[C@@H](Cc1ccccc1)NC(=O)[C@H](CCC(N)=O)NC(=O)[C@H](CCC(N)=O)NC(=O)[C@@H]1CCCN1C(=O)[C@H](CCCCN)NC(=O)[C@@H]1CCCN1C(=O)[C@@H](N)CCCN=C(N)N)C(N)=O. The first-order valence-electron chi connectivity index (χ1n) is 34.1. The number of H-pyrrole nitrogens is 1. The minimum absolute atomic E-state index is 0.0662. The normalized spacial score (nSPS) is 16.9. The minimum atomic E-state index is -1.67. The van der Waals surface area contributed by atoms with Gasteiger partial charge < -0.3 is 97.5 Å². The molecule has 2 saturated heterocycles. The molecule has 3 aromatic rings. The first-order valence-corrected chi connectivity index (χ1v) is 35.5. The number of benzene rings is 2. The van der Waals surface area contributed by atoms with Crippen LogP contribution in [0.1, 0.15) is 127 Å². The molecule has 0 spiro atoms. The molecule has 2 aliphatic rings. The fourth-order valence-corrected chi connectivity index (χ4v) is 12.3. The second kappa shape index (κ2) is 42.4. The number of amides is 13. The average molecular weight is 1430 g/mol. The maximum Gasteiger partial charge on any atom is 0.245 e. The number of thioether (sulfide) groups is 1. The highest BCUT2D eigenvalue weighted by Gasteiger charge is 2.43. The number of aromatic nitrogens is 2. The van der Waals surface area contributed by atoms with Crippen molar-refractivity contribution in [2.24, 2.45) is 51.0 Å². The molecule has 1 aromatic heterocycles. The Morgan fingerprint density at radius 1 is 0.545 bits per heavy atom. The van der Waals surface area contributed by atoms with Gasteiger partial charge in [-0.25, -0.2) is 4.98 Å². The molecule has 3 heterocycles. The summed E-state index contributed by atoms with van der Waals surface area (Å²) in [5.41, 5.74) is 41.2. The van der Waals surface area contributed by atoms with E-state index in [1.165, 1.54) is 34.1 Å². The van der Waals surface area contributed by atoms with Crippen molar-refractivity contribution in [3.8, 4) is 0 Å². The maximum atomic E-state index is 15.0. The quantitative estimate of drug-likeness (QED) is 0.0149. The van der Waals surface area contributed by atoms with Crippen LogP contribution < -0.4 is 82.7 Å². The Hall–Kier alpha value is -9.70. The molecule has 0 unspecified atom stereocenters. The van der Waals surface area contributed by atoms with Gasteiger partial charge in [-0.2, -0.15) is 11.8 Å². The van der Waals surface area contributed by atoms with Gasteiger partial charge in [0.15, 0.2) is 5.96 Å². The first kappa shape index (κ1) is 82.0. The molecule has 0 saturated carbocycles. The van der Waals surface area contributed by atoms with E-state index in [-0.39, 0.29) is 89.4 Å². The topological polar surface area (TPSA) is 548 Å². The number of likely N-dealkylation sites (tertiary alicyclic amines) is 2. The lowest BCUT2D eigenvalue weighted by atomic mass is 10.00. The number of imidazole rings is 1. The smallest absolute Gasteiger partial charge is 0.245 e. The fraction of sp³-hybridized carbons (Fsp3) is 0.567. The lowest BCUT2D eigenvalue weighted by Crippen LogP contribution is -2.61. The van der Waals surface area contributed by atoms with Crippen molar-refractivity contribution < 1.29 is 62.3 Å². The van der Waals surface area contributed by atoms with E-state index >= 15 is 4.79 Å². The van der Waals surface area contributed by atoms with Gasteiger partial charge in [0.1, 0.15) is 60.4 Å². The van der Waals surface area contributed by atoms with Crippen molar-refractivity contribution >= 4 is 94.5 Å². The predicted octanol–water partition coefficient (Wildman–Crippen LogP) is -3.38. The second-order valence-corrected chi connectivity index (χ2v) is 26.7. The van der Waals surface area contributed by atoms with Crippen LogP contribution in [0.4, 0.5) is 0 Å². The predicted molar refractivity (Wildman–Crippen MR) is 377 cm³/mol. The van der Waals surface area contributed by atoms with E-state index in [9.17, 15) is 57.5 Å². The van der Waals surface area contributed by atoms with Gasteiger partial charge >= 0.3 is 0 Å². The summed E-state index contributed by atoms with van der Waals surface area (Å²) in [6.07, 6.45) is 5.50. The molecule has 0 bridgehead atoms. The molecule has 554 valence electrons. The van der Waals surface area contributed by atoms with Gasteiger partial charge in [-0.1, -0.05) is 74.5 Å². The number of nitrogens with zero attached hydrogens (tertiary/aromatic N) is 4. The van der Waals surface area contributed by atoms with Crippen LogP contribution in [0.25, 0.3) is 0 Å². The van der Waals surface area contributed by atoms with Gasteiger partial charge in [-0.3, -0.25) is 67.3 Å². The van der Waals surface area contributed by atoms with Crippen LogP contribution in [0.3, 0.4) is 0 Å². The van der Waals surface area contributed by atoms with Crippen LogP contribution in [0, 0.1) is 5.92 Å². The van der Waals surface area contributed by atoms with Crippen molar-refractivity contribution in [1.29, 1.82) is 0 Å². The molecule has 34 heteroatoms. The number of nitrogens with two attached hydrogens (primary N) is 7. The molecule has 101 heavy (non-hydrogen) atoms. The third-order valence-corrected chi connectivity index (χ3v) is 17.8. The van der Waals surface area contributed by atoms with E-state index in [1.807, 2.05) is 20.1 Å². The van der Waals surface area contributed by atoms with Gasteiger partial charge in [0.25, 0.3) is 0 Å². The zero-order chi connectivity index (χ0) is 74.1. The van der Waals surface area contributed by atoms with Gasteiger partial charge in [-0.15, -0.1) is 0 Å². The Bertz CT molecular complexity index is 3290. The number of carbonyl (C=O) groups is 13. The molecule has 2 aromatic carbocycles. The molecule has 23 N–H and O–H groups in total. The molecule has 0 radical (unpaired) electrons. The molecule has 2 aliphatic heterocycles. The first-order chi connectivity index (χ1) is 48.2. The standard InChI is InChI=1S/C67H102N20O13S/c1-39(2)33-48(59(93)78-44(56(72)90)27-32-101-3)82-62(96)51(36-42-37-75-38-77-42)85-61(95)50(35-41-17-8-5-9-18-41)84-60(94)49(34-40-15-6-4-7-16-40)83-58(92)45(23-25-54(70)88)79-57(91)46(24-26-55(71)89)80-63(97)53-22-14-31-87(53)66(100)47(20-10-11-28-68)81-64(98)52-21-13-30-86(52)65(99)43(69)19-12-29-76-67(73)74/h4-9,15-18,37-39,43-53H,10-14,19-36,68-69H2,1-3H3,(H2,70,88)(H2,71,89)(H2,72,90)(H,75,77)(H,78,93)(H,79,91)(H,80,97)(H,81,98)(H,82,96)(H,83,92)(H,84,94)(H,85,95)(H4,73,74,76)/t43-,44-,45-,46-,47-,48-,49+,50-,51+,52-,53-/m0/s1. The summed E-state index contributed by atoms with van der Waals surface area (Å²) in [5.74, 6) is -10.1. The molecule has 0 aliphatic carbocycles. The van der Waals surface area contributed by atoms with E-state index in [0.29, 0.717) is 61.1 Å². The van der Waals surface area contributed by atoms with Gasteiger partial charge in [0, 0.05) is 63.6 Å². The average Bonchev–Trinajstić information content (AvgIpc) is 1.73. The van der Waals surface area contributed by atoms with Gasteiger partial charge in [0.2, 0.25) is 76.8 Å². The van der Waals surface area contributed by atoms with E-state index in [4.69, 9.17) is 40.1 Å². The summed E-state index contributed by atoms with van der Waals surface area (Å²) in [5, 5.41) is 21.6. The van der Waals surface area contributed by atoms with Crippen LogP contribution >= 0.6 is 11.8 Å². The van der Waals surface area contributed by atoms with Crippen LogP contribution in [-0.4, -0.2) is 207 Å². The van der Waals surface area contributed by atoms with Crippen molar-refractivity contribution in [3.63, 3.8) is 0 Å². The summed E-state index contributed by atoms with van der Waals surface area (Å²) >= 11 is 1.45. The molecule has 33 nitrogen and oxygen atoms in total. The Kier molecular flexibility index (Phi) is 34.4. The highest BCUT2D eigenvalue weighted by atomic mass is 32.2. The molecular weight excluding hydrogens is 1320 g/mol. The number of hydrogen-bond acceptors (Lipinski definition) is 18. The van der Waals surface area contributed by atoms with E-state index in [1.54, 1.807) is 60.7 Å². The maximum absolute atomic E-state index is 15.0. The number of hydrogen-bond donors (Lipinski definition) is 16. The highest BCUT2D eigenvalue weighted by molar-refractivity contribution is 7.98. The molecule has 5 rings (SSSR count). The summed E-state index contributed by atoms with van der Waals surface area (Å²) < 4.78 is 0. The third kappa shape index (κ3) is 27.7. The van der Waals surface area contributed by atoms with Crippen molar-refractivity contribution in [1.82, 2.24) is 62.3 Å². The van der Waals surface area contributed by atoms with E-state index in [2.05, 4.69) is 57.5 Å². The van der Waals surface area contributed by atoms with Crippen molar-refractivity contribution in [3.05, 3.63) is 90.0 Å².